The number of aryl methyl sites for hydroxylation is 1. The predicted octanol–water partition coefficient (Wildman–Crippen LogP) is 1.97. The summed E-state index contributed by atoms with van der Waals surface area (Å²) in [4.78, 5) is 12.2. The molecule has 0 N–H and O–H groups in total. The molecule has 0 aliphatic carbocycles. The van der Waals surface area contributed by atoms with Gasteiger partial charge in [-0.3, -0.25) is 4.79 Å². The average Bonchev–Trinajstić information content (AvgIpc) is 2.25. The largest absolute Gasteiger partial charge is 0.306 e. The van der Waals surface area contributed by atoms with Crippen LogP contribution in [0, 0.1) is 6.92 Å². The van der Waals surface area contributed by atoms with Crippen LogP contribution in [0.25, 0.3) is 0 Å². The summed E-state index contributed by atoms with van der Waals surface area (Å²) in [6.45, 7) is 3.88. The number of nitrogens with zero attached hydrogens (tertiary/aromatic N) is 1. The summed E-state index contributed by atoms with van der Waals surface area (Å²) in [5.74, 6) is 0. The molecule has 0 atom stereocenters. The van der Waals surface area contributed by atoms with Gasteiger partial charge in [0.15, 0.2) is 6.29 Å². The molecule has 0 spiro atoms. The van der Waals surface area contributed by atoms with Crippen molar-refractivity contribution in [3.63, 3.8) is 0 Å². The highest BCUT2D eigenvalue weighted by atomic mass is 16.1. The lowest BCUT2D eigenvalue weighted by Gasteiger charge is -2.14. The lowest BCUT2D eigenvalue weighted by molar-refractivity contribution is 0.346. The fourth-order valence-electron chi connectivity index (χ4n) is 1.42. The van der Waals surface area contributed by atoms with Crippen LogP contribution >= 0.6 is 0 Å². The number of hydrogen-bond donors (Lipinski definition) is 0. The Morgan fingerprint density at radius 3 is 2.47 bits per heavy atom. The van der Waals surface area contributed by atoms with Crippen LogP contribution in [-0.4, -0.2) is 31.3 Å². The Bertz CT molecular complexity index is 292. The van der Waals surface area contributed by atoms with Crippen molar-refractivity contribution < 1.29 is 4.79 Å². The maximum absolute atomic E-state index is 10.1. The molecule has 1 aromatic rings. The fourth-order valence-corrected chi connectivity index (χ4v) is 1.42. The SMILES string of the molecule is Cc1ccc(CCN(C)CC[C]=O)cc1. The van der Waals surface area contributed by atoms with Crippen molar-refractivity contribution in [3.05, 3.63) is 35.4 Å². The Balaban J connectivity index is 2.30. The number of likely N-dealkylation sites (N-methyl/N-ethyl adjacent to an activating group) is 1. The quantitative estimate of drug-likeness (QED) is 0.706. The highest BCUT2D eigenvalue weighted by Gasteiger charge is 1.98. The fraction of sp³-hybridized carbons (Fsp3) is 0.462. The van der Waals surface area contributed by atoms with E-state index in [9.17, 15) is 4.79 Å². The van der Waals surface area contributed by atoms with E-state index in [1.807, 2.05) is 13.3 Å². The van der Waals surface area contributed by atoms with Gasteiger partial charge in [0, 0.05) is 19.5 Å². The van der Waals surface area contributed by atoms with Crippen molar-refractivity contribution in [1.29, 1.82) is 0 Å². The molecule has 0 saturated carbocycles. The third kappa shape index (κ3) is 4.75. The highest BCUT2D eigenvalue weighted by molar-refractivity contribution is 5.50. The van der Waals surface area contributed by atoms with Crippen LogP contribution < -0.4 is 0 Å². The van der Waals surface area contributed by atoms with Crippen molar-refractivity contribution in [2.75, 3.05) is 20.1 Å². The third-order valence-electron chi connectivity index (χ3n) is 2.50. The van der Waals surface area contributed by atoms with Crippen LogP contribution in [0.4, 0.5) is 0 Å². The van der Waals surface area contributed by atoms with E-state index in [1.54, 1.807) is 0 Å². The summed E-state index contributed by atoms with van der Waals surface area (Å²) < 4.78 is 0. The van der Waals surface area contributed by atoms with E-state index in [-0.39, 0.29) is 0 Å². The number of rotatable bonds is 6. The predicted molar refractivity (Wildman–Crippen MR) is 62.7 cm³/mol. The van der Waals surface area contributed by atoms with Crippen LogP contribution in [0.5, 0.6) is 0 Å². The lowest BCUT2D eigenvalue weighted by atomic mass is 10.1. The Morgan fingerprint density at radius 2 is 1.87 bits per heavy atom. The zero-order valence-electron chi connectivity index (χ0n) is 9.49. The van der Waals surface area contributed by atoms with Gasteiger partial charge < -0.3 is 4.90 Å². The maximum Gasteiger partial charge on any atom is 0.199 e. The second kappa shape index (κ2) is 6.36. The number of hydrogen-bond acceptors (Lipinski definition) is 2. The molecule has 0 bridgehead atoms. The monoisotopic (exact) mass is 204 g/mol. The summed E-state index contributed by atoms with van der Waals surface area (Å²) >= 11 is 0. The molecule has 0 fully saturated rings. The Hall–Kier alpha value is -1.15. The highest BCUT2D eigenvalue weighted by Crippen LogP contribution is 2.04. The second-order valence-electron chi connectivity index (χ2n) is 3.93. The van der Waals surface area contributed by atoms with E-state index in [4.69, 9.17) is 0 Å². The zero-order valence-corrected chi connectivity index (χ0v) is 9.49. The van der Waals surface area contributed by atoms with E-state index < -0.39 is 0 Å². The minimum absolute atomic E-state index is 0.504. The summed E-state index contributed by atoms with van der Waals surface area (Å²) in [6, 6.07) is 8.59. The minimum atomic E-state index is 0.504. The standard InChI is InChI=1S/C13H18NO/c1-12-4-6-13(7-5-12)8-10-14(2)9-3-11-15/h4-7H,3,8-10H2,1-2H3. The van der Waals surface area contributed by atoms with E-state index in [2.05, 4.69) is 36.1 Å². The Labute approximate surface area is 91.9 Å². The summed E-state index contributed by atoms with van der Waals surface area (Å²) in [5, 5.41) is 0. The molecule has 0 aliphatic heterocycles. The first-order valence-electron chi connectivity index (χ1n) is 5.31. The van der Waals surface area contributed by atoms with Gasteiger partial charge in [-0.2, -0.15) is 0 Å². The van der Waals surface area contributed by atoms with Crippen LogP contribution in [-0.2, 0) is 11.2 Å². The number of carbonyl (C=O) groups excluding carboxylic acids is 1. The molecule has 1 rings (SSSR count). The smallest absolute Gasteiger partial charge is 0.199 e. The molecule has 81 valence electrons. The molecule has 0 amide bonds. The third-order valence-corrected chi connectivity index (χ3v) is 2.50. The van der Waals surface area contributed by atoms with E-state index in [0.717, 1.165) is 19.5 Å². The van der Waals surface area contributed by atoms with Crippen LogP contribution in [0.2, 0.25) is 0 Å². The van der Waals surface area contributed by atoms with Gasteiger partial charge in [0.2, 0.25) is 0 Å². The van der Waals surface area contributed by atoms with Gasteiger partial charge in [-0.05, 0) is 26.0 Å². The average molecular weight is 204 g/mol. The first-order chi connectivity index (χ1) is 7.22. The van der Waals surface area contributed by atoms with Crippen LogP contribution in [0.3, 0.4) is 0 Å². The normalized spacial score (nSPS) is 10.6. The molecule has 0 aromatic heterocycles. The van der Waals surface area contributed by atoms with Gasteiger partial charge in [0.1, 0.15) is 0 Å². The summed E-state index contributed by atoms with van der Waals surface area (Å²) in [5.41, 5.74) is 2.64. The molecule has 15 heavy (non-hydrogen) atoms. The topological polar surface area (TPSA) is 20.3 Å². The molecule has 0 saturated heterocycles. The number of benzene rings is 1. The van der Waals surface area contributed by atoms with Gasteiger partial charge in [0.25, 0.3) is 0 Å². The Kier molecular flexibility index (Phi) is 5.05. The summed E-state index contributed by atoms with van der Waals surface area (Å²) in [6.07, 6.45) is 3.45. The first-order valence-corrected chi connectivity index (χ1v) is 5.31. The molecule has 2 nitrogen and oxygen atoms in total. The van der Waals surface area contributed by atoms with Crippen molar-refractivity contribution in [2.24, 2.45) is 0 Å². The molecular weight excluding hydrogens is 186 g/mol. The molecular formula is C13H18NO. The molecule has 1 radical (unpaired) electrons. The van der Waals surface area contributed by atoms with E-state index in [0.29, 0.717) is 6.42 Å². The second-order valence-corrected chi connectivity index (χ2v) is 3.93. The maximum atomic E-state index is 10.1. The van der Waals surface area contributed by atoms with Gasteiger partial charge in [-0.25, -0.2) is 0 Å². The van der Waals surface area contributed by atoms with Crippen molar-refractivity contribution >= 4 is 6.29 Å². The lowest BCUT2D eigenvalue weighted by Crippen LogP contribution is -2.22. The van der Waals surface area contributed by atoms with E-state index in [1.165, 1.54) is 11.1 Å². The van der Waals surface area contributed by atoms with Crippen LogP contribution in [0.1, 0.15) is 17.5 Å². The van der Waals surface area contributed by atoms with Gasteiger partial charge >= 0.3 is 0 Å². The zero-order chi connectivity index (χ0) is 11.1. The molecule has 0 unspecified atom stereocenters. The summed E-state index contributed by atoms with van der Waals surface area (Å²) in [7, 11) is 2.03. The minimum Gasteiger partial charge on any atom is -0.306 e. The van der Waals surface area contributed by atoms with Crippen molar-refractivity contribution in [2.45, 2.75) is 19.8 Å². The van der Waals surface area contributed by atoms with Gasteiger partial charge in [-0.15, -0.1) is 0 Å². The first kappa shape index (κ1) is 11.9. The molecule has 0 heterocycles. The molecule has 2 heteroatoms. The van der Waals surface area contributed by atoms with Gasteiger partial charge in [0.05, 0.1) is 0 Å². The van der Waals surface area contributed by atoms with Crippen molar-refractivity contribution in [3.8, 4) is 0 Å². The van der Waals surface area contributed by atoms with Gasteiger partial charge in [-0.1, -0.05) is 29.8 Å². The molecule has 0 aliphatic rings. The Morgan fingerprint density at radius 1 is 1.20 bits per heavy atom. The molecule has 1 aromatic carbocycles. The van der Waals surface area contributed by atoms with Crippen molar-refractivity contribution in [1.82, 2.24) is 4.90 Å². The van der Waals surface area contributed by atoms with Crippen LogP contribution in [0.15, 0.2) is 24.3 Å². The van der Waals surface area contributed by atoms with E-state index >= 15 is 0 Å².